The molecule has 9 heteroatoms. The van der Waals surface area contributed by atoms with Gasteiger partial charge in [0.1, 0.15) is 0 Å². The summed E-state index contributed by atoms with van der Waals surface area (Å²) in [5.41, 5.74) is -1.25. The maximum Gasteiger partial charge on any atom is 0.418 e. The van der Waals surface area contributed by atoms with E-state index >= 15 is 0 Å². The van der Waals surface area contributed by atoms with E-state index in [-0.39, 0.29) is 11.4 Å². The molecule has 0 fully saturated rings. The Balaban J connectivity index is 2.09. The number of nitrogens with one attached hydrogen (secondary N) is 1. The fourth-order valence-corrected chi connectivity index (χ4v) is 2.93. The number of hydrogen-bond acceptors (Lipinski definition) is 3. The van der Waals surface area contributed by atoms with E-state index in [1.54, 1.807) is 19.1 Å². The molecule has 0 saturated carbocycles. The number of anilines is 1. The molecule has 0 aliphatic heterocycles. The third kappa shape index (κ3) is 4.32. The van der Waals surface area contributed by atoms with Crippen molar-refractivity contribution in [1.29, 1.82) is 0 Å². The number of hydrogen-bond donors (Lipinski definition) is 1. The van der Waals surface area contributed by atoms with Gasteiger partial charge in [-0.15, -0.1) is 0 Å². The largest absolute Gasteiger partial charge is 0.418 e. The molecule has 1 heterocycles. The molecule has 0 atom stereocenters. The van der Waals surface area contributed by atoms with Crippen molar-refractivity contribution in [2.45, 2.75) is 20.0 Å². The van der Waals surface area contributed by atoms with Gasteiger partial charge < -0.3 is 5.32 Å². The number of alkyl halides is 3. The van der Waals surface area contributed by atoms with E-state index in [1.807, 2.05) is 0 Å². The molecule has 5 nitrogen and oxygen atoms in total. The second-order valence-corrected chi connectivity index (χ2v) is 6.78. The zero-order chi connectivity index (χ0) is 21.3. The number of nitrogens with zero attached hydrogens (tertiary/aromatic N) is 2. The van der Waals surface area contributed by atoms with Gasteiger partial charge in [0.25, 0.3) is 5.91 Å². The summed E-state index contributed by atoms with van der Waals surface area (Å²) in [4.78, 5) is 24.9. The van der Waals surface area contributed by atoms with Crippen molar-refractivity contribution < 1.29 is 18.0 Å². The Bertz CT molecular complexity index is 1160. The monoisotopic (exact) mass is 421 g/mol. The lowest BCUT2D eigenvalue weighted by atomic mass is 10.1. The molecule has 1 aromatic heterocycles. The van der Waals surface area contributed by atoms with Crippen LogP contribution in [-0.4, -0.2) is 15.7 Å². The molecule has 0 aliphatic carbocycles. The zero-order valence-corrected chi connectivity index (χ0v) is 16.1. The Labute approximate surface area is 168 Å². The van der Waals surface area contributed by atoms with Crippen LogP contribution in [0, 0.1) is 13.8 Å². The highest BCUT2D eigenvalue weighted by Gasteiger charge is 2.34. The molecule has 150 valence electrons. The molecule has 29 heavy (non-hydrogen) atoms. The van der Waals surface area contributed by atoms with Gasteiger partial charge >= 0.3 is 6.18 Å². The van der Waals surface area contributed by atoms with Gasteiger partial charge in [0.2, 0.25) is 5.43 Å². The maximum atomic E-state index is 13.4. The Morgan fingerprint density at radius 2 is 1.79 bits per heavy atom. The number of para-hydroxylation sites is 1. The number of aryl methyl sites for hydroxylation is 2. The third-order valence-corrected chi connectivity index (χ3v) is 4.44. The summed E-state index contributed by atoms with van der Waals surface area (Å²) in [5.74, 6) is -0.849. The number of amides is 1. The lowest BCUT2D eigenvalue weighted by molar-refractivity contribution is -0.137. The van der Waals surface area contributed by atoms with Gasteiger partial charge in [-0.2, -0.15) is 18.3 Å². The number of halogens is 4. The molecule has 2 aromatic carbocycles. The Morgan fingerprint density at radius 3 is 2.48 bits per heavy atom. The van der Waals surface area contributed by atoms with E-state index in [0.717, 1.165) is 16.8 Å². The second kappa shape index (κ2) is 7.71. The summed E-state index contributed by atoms with van der Waals surface area (Å²) >= 11 is 5.92. The number of carbonyl (C=O) groups excluding carboxylic acids is 1. The predicted molar refractivity (Wildman–Crippen MR) is 104 cm³/mol. The van der Waals surface area contributed by atoms with Crippen molar-refractivity contribution >= 4 is 23.2 Å². The summed E-state index contributed by atoms with van der Waals surface area (Å²) in [6.07, 6.45) is -4.63. The molecule has 0 unspecified atom stereocenters. The minimum absolute atomic E-state index is 0.155. The average molecular weight is 422 g/mol. The maximum absolute atomic E-state index is 13.4. The van der Waals surface area contributed by atoms with E-state index in [9.17, 15) is 22.8 Å². The standard InChI is InChI=1S/C20H15ClF3N3O2/c1-11-7-8-13(21)10-15(11)25-19(29)18-17(28)9-12(2)27(26-18)16-6-4-3-5-14(16)20(22,23)24/h3-10H,1-2H3,(H,25,29). The summed E-state index contributed by atoms with van der Waals surface area (Å²) in [5, 5.41) is 6.83. The molecular weight excluding hydrogens is 407 g/mol. The topological polar surface area (TPSA) is 64.0 Å². The van der Waals surface area contributed by atoms with Crippen LogP contribution in [-0.2, 0) is 6.18 Å². The van der Waals surface area contributed by atoms with Crippen LogP contribution in [0.2, 0.25) is 5.02 Å². The first kappa shape index (κ1) is 20.6. The number of aromatic nitrogens is 2. The van der Waals surface area contributed by atoms with Crippen molar-refractivity contribution in [1.82, 2.24) is 9.78 Å². The lowest BCUT2D eigenvalue weighted by Gasteiger charge is -2.17. The molecule has 0 bridgehead atoms. The van der Waals surface area contributed by atoms with Crippen LogP contribution in [0.25, 0.3) is 5.69 Å². The van der Waals surface area contributed by atoms with Crippen LogP contribution in [0.1, 0.15) is 27.3 Å². The van der Waals surface area contributed by atoms with Gasteiger partial charge in [0.05, 0.1) is 11.3 Å². The van der Waals surface area contributed by atoms with Gasteiger partial charge in [-0.05, 0) is 43.7 Å². The molecule has 1 N–H and O–H groups in total. The number of carbonyl (C=O) groups is 1. The van der Waals surface area contributed by atoms with Gasteiger partial charge in [-0.3, -0.25) is 9.59 Å². The Hall–Kier alpha value is -3.13. The van der Waals surface area contributed by atoms with Gasteiger partial charge in [0.15, 0.2) is 5.69 Å². The lowest BCUT2D eigenvalue weighted by Crippen LogP contribution is -2.27. The van der Waals surface area contributed by atoms with Crippen LogP contribution in [0.4, 0.5) is 18.9 Å². The fraction of sp³-hybridized carbons (Fsp3) is 0.150. The third-order valence-electron chi connectivity index (χ3n) is 4.21. The van der Waals surface area contributed by atoms with Gasteiger partial charge in [-0.1, -0.05) is 29.8 Å². The van der Waals surface area contributed by atoms with E-state index < -0.39 is 28.8 Å². The molecule has 1 amide bonds. The van der Waals surface area contributed by atoms with Crippen molar-refractivity contribution in [3.63, 3.8) is 0 Å². The first-order valence-corrected chi connectivity index (χ1v) is 8.81. The normalized spacial score (nSPS) is 11.4. The fourth-order valence-electron chi connectivity index (χ4n) is 2.76. The van der Waals surface area contributed by atoms with Crippen LogP contribution in [0.15, 0.2) is 53.3 Å². The molecule has 0 aliphatic rings. The van der Waals surface area contributed by atoms with Crippen molar-refractivity contribution in [2.24, 2.45) is 0 Å². The summed E-state index contributed by atoms with van der Waals surface area (Å²) in [6.45, 7) is 3.16. The van der Waals surface area contributed by atoms with Gasteiger partial charge in [-0.25, -0.2) is 4.68 Å². The average Bonchev–Trinajstić information content (AvgIpc) is 2.64. The summed E-state index contributed by atoms with van der Waals surface area (Å²) in [7, 11) is 0. The van der Waals surface area contributed by atoms with Crippen LogP contribution in [0.5, 0.6) is 0 Å². The summed E-state index contributed by atoms with van der Waals surface area (Å²) in [6, 6.07) is 10.7. The smallest absolute Gasteiger partial charge is 0.320 e. The quantitative estimate of drug-likeness (QED) is 0.662. The highest BCUT2D eigenvalue weighted by molar-refractivity contribution is 6.31. The Kier molecular flexibility index (Phi) is 5.48. The number of rotatable bonds is 3. The van der Waals surface area contributed by atoms with E-state index in [1.165, 1.54) is 31.2 Å². The molecule has 0 radical (unpaired) electrons. The van der Waals surface area contributed by atoms with Crippen LogP contribution < -0.4 is 10.7 Å². The summed E-state index contributed by atoms with van der Waals surface area (Å²) < 4.78 is 41.1. The highest BCUT2D eigenvalue weighted by Crippen LogP contribution is 2.33. The highest BCUT2D eigenvalue weighted by atomic mass is 35.5. The first-order valence-electron chi connectivity index (χ1n) is 8.43. The minimum Gasteiger partial charge on any atom is -0.320 e. The SMILES string of the molecule is Cc1ccc(Cl)cc1NC(=O)c1nn(-c2ccccc2C(F)(F)F)c(C)cc1=O. The molecule has 0 spiro atoms. The second-order valence-electron chi connectivity index (χ2n) is 6.34. The van der Waals surface area contributed by atoms with Crippen LogP contribution in [0.3, 0.4) is 0 Å². The van der Waals surface area contributed by atoms with Crippen molar-refractivity contribution in [3.05, 3.63) is 86.3 Å². The van der Waals surface area contributed by atoms with Crippen LogP contribution >= 0.6 is 11.6 Å². The molecule has 0 saturated heterocycles. The molecule has 3 aromatic rings. The van der Waals surface area contributed by atoms with E-state index in [0.29, 0.717) is 16.3 Å². The molecular formula is C20H15ClF3N3O2. The van der Waals surface area contributed by atoms with Crippen molar-refractivity contribution in [3.8, 4) is 5.69 Å². The number of benzene rings is 2. The minimum atomic E-state index is -4.63. The Morgan fingerprint density at radius 1 is 1.10 bits per heavy atom. The first-order chi connectivity index (χ1) is 13.6. The van der Waals surface area contributed by atoms with E-state index in [4.69, 9.17) is 11.6 Å². The van der Waals surface area contributed by atoms with E-state index in [2.05, 4.69) is 10.4 Å². The molecule has 3 rings (SSSR count). The van der Waals surface area contributed by atoms with Crippen molar-refractivity contribution in [2.75, 3.05) is 5.32 Å². The predicted octanol–water partition coefficient (Wildman–Crippen LogP) is 4.77. The van der Waals surface area contributed by atoms with Gasteiger partial charge in [0, 0.05) is 22.5 Å². The zero-order valence-electron chi connectivity index (χ0n) is 15.3.